The van der Waals surface area contributed by atoms with Crippen molar-refractivity contribution in [3.05, 3.63) is 35.6 Å². The number of carbonyl (C=O) groups is 3. The molecule has 4 rings (SSSR count). The number of carbonyl (C=O) groups excluding carboxylic acids is 3. The summed E-state index contributed by atoms with van der Waals surface area (Å²) in [4.78, 5) is 35.6. The summed E-state index contributed by atoms with van der Waals surface area (Å²) >= 11 is 0. The standard InChI is InChI=1S/C25H32O8/c1-14(27)33-16-6-8-23(2)15(10-16)4-5-17-18-7-9-25(31,20(29)13-32-21(30)12-26)24(18,3)11-19(28)22(17)23/h4,6,8,10,17-19,22,26,28,31H,5,7,9,11-13H2,1-3H3/t17-,18-,19-,22-,23-,24-,25-/m0/s1. The van der Waals surface area contributed by atoms with Gasteiger partial charge in [0.15, 0.2) is 6.61 Å². The largest absolute Gasteiger partial charge is 0.456 e. The van der Waals surface area contributed by atoms with Crippen LogP contribution in [-0.2, 0) is 23.9 Å². The van der Waals surface area contributed by atoms with Crippen LogP contribution in [0.25, 0.3) is 0 Å². The van der Waals surface area contributed by atoms with Crippen LogP contribution in [0.4, 0.5) is 0 Å². The number of aliphatic hydroxyl groups is 3. The second-order valence-corrected chi connectivity index (χ2v) is 10.3. The number of esters is 2. The molecule has 2 saturated carbocycles. The summed E-state index contributed by atoms with van der Waals surface area (Å²) in [6.45, 7) is 3.85. The van der Waals surface area contributed by atoms with Crippen molar-refractivity contribution in [3.63, 3.8) is 0 Å². The summed E-state index contributed by atoms with van der Waals surface area (Å²) in [6.07, 6.45) is 8.72. The fourth-order valence-corrected chi connectivity index (χ4v) is 7.09. The zero-order valence-electron chi connectivity index (χ0n) is 19.2. The predicted molar refractivity (Wildman–Crippen MR) is 116 cm³/mol. The van der Waals surface area contributed by atoms with E-state index in [0.29, 0.717) is 18.6 Å². The van der Waals surface area contributed by atoms with Crippen LogP contribution in [0.5, 0.6) is 0 Å². The van der Waals surface area contributed by atoms with Gasteiger partial charge in [0.25, 0.3) is 0 Å². The fourth-order valence-electron chi connectivity index (χ4n) is 7.09. The van der Waals surface area contributed by atoms with Gasteiger partial charge in [0, 0.05) is 23.7 Å². The molecule has 7 atom stereocenters. The molecule has 0 aromatic heterocycles. The summed E-state index contributed by atoms with van der Waals surface area (Å²) < 4.78 is 10.0. The lowest BCUT2D eigenvalue weighted by molar-refractivity contribution is -0.179. The molecule has 4 aliphatic rings. The molecule has 3 N–H and O–H groups in total. The number of fused-ring (bicyclic) bond motifs is 5. The third-order valence-corrected chi connectivity index (χ3v) is 8.64. The predicted octanol–water partition coefficient (Wildman–Crippen LogP) is 1.59. The Hall–Kier alpha value is -2.29. The maximum absolute atomic E-state index is 13.0. The molecule has 0 aliphatic heterocycles. The molecule has 0 radical (unpaired) electrons. The highest BCUT2D eigenvalue weighted by atomic mass is 16.5. The van der Waals surface area contributed by atoms with Crippen molar-refractivity contribution in [3.8, 4) is 0 Å². The summed E-state index contributed by atoms with van der Waals surface area (Å²) in [7, 11) is 0. The molecule has 0 aromatic carbocycles. The first kappa shape index (κ1) is 23.9. The monoisotopic (exact) mass is 460 g/mol. The van der Waals surface area contributed by atoms with Crippen LogP contribution in [0.1, 0.15) is 46.5 Å². The summed E-state index contributed by atoms with van der Waals surface area (Å²) in [6, 6.07) is 0. The number of Topliss-reactive ketones (excluding diaryl/α,β-unsaturated/α-hetero) is 1. The lowest BCUT2D eigenvalue weighted by Gasteiger charge is -2.58. The first-order valence-electron chi connectivity index (χ1n) is 11.5. The van der Waals surface area contributed by atoms with E-state index in [4.69, 9.17) is 14.6 Å². The van der Waals surface area contributed by atoms with Crippen molar-refractivity contribution in [1.82, 2.24) is 0 Å². The van der Waals surface area contributed by atoms with Gasteiger partial charge in [-0.25, -0.2) is 4.79 Å². The average molecular weight is 461 g/mol. The van der Waals surface area contributed by atoms with Gasteiger partial charge in [-0.2, -0.15) is 0 Å². The Morgan fingerprint density at radius 1 is 1.24 bits per heavy atom. The van der Waals surface area contributed by atoms with Gasteiger partial charge in [0.1, 0.15) is 18.0 Å². The third-order valence-electron chi connectivity index (χ3n) is 8.64. The van der Waals surface area contributed by atoms with E-state index in [1.54, 1.807) is 6.08 Å². The van der Waals surface area contributed by atoms with Crippen molar-refractivity contribution in [2.75, 3.05) is 13.2 Å². The Balaban J connectivity index is 1.63. The summed E-state index contributed by atoms with van der Waals surface area (Å²) in [5, 5.41) is 31.8. The zero-order chi connectivity index (χ0) is 24.2. The molecule has 2 fully saturated rings. The van der Waals surface area contributed by atoms with E-state index < -0.39 is 53.5 Å². The molecule has 0 spiro atoms. The molecular weight excluding hydrogens is 428 g/mol. The van der Waals surface area contributed by atoms with Gasteiger partial charge in [-0.15, -0.1) is 0 Å². The number of hydrogen-bond acceptors (Lipinski definition) is 8. The highest BCUT2D eigenvalue weighted by Gasteiger charge is 2.67. The number of allylic oxidation sites excluding steroid dienone is 5. The van der Waals surface area contributed by atoms with E-state index in [9.17, 15) is 24.6 Å². The average Bonchev–Trinajstić information content (AvgIpc) is 3.02. The molecular formula is C25H32O8. The van der Waals surface area contributed by atoms with Crippen LogP contribution in [-0.4, -0.2) is 58.0 Å². The number of hydrogen-bond donors (Lipinski definition) is 3. The molecule has 0 amide bonds. The van der Waals surface area contributed by atoms with Crippen LogP contribution < -0.4 is 0 Å². The van der Waals surface area contributed by atoms with E-state index >= 15 is 0 Å². The highest BCUT2D eigenvalue weighted by Crippen LogP contribution is 2.66. The molecule has 0 saturated heterocycles. The van der Waals surface area contributed by atoms with Crippen molar-refractivity contribution in [2.24, 2.45) is 28.6 Å². The van der Waals surface area contributed by atoms with Gasteiger partial charge in [-0.05, 0) is 55.2 Å². The van der Waals surface area contributed by atoms with Crippen molar-refractivity contribution >= 4 is 17.7 Å². The highest BCUT2D eigenvalue weighted by molar-refractivity contribution is 5.91. The van der Waals surface area contributed by atoms with Crippen molar-refractivity contribution in [1.29, 1.82) is 0 Å². The zero-order valence-corrected chi connectivity index (χ0v) is 19.2. The Labute approximate surface area is 193 Å². The molecule has 8 heteroatoms. The number of ketones is 1. The van der Waals surface area contributed by atoms with Crippen LogP contribution in [0.3, 0.4) is 0 Å². The topological polar surface area (TPSA) is 130 Å². The first-order chi connectivity index (χ1) is 15.5. The maximum Gasteiger partial charge on any atom is 0.332 e. The van der Waals surface area contributed by atoms with Gasteiger partial charge >= 0.3 is 11.9 Å². The second-order valence-electron chi connectivity index (χ2n) is 10.3. The van der Waals surface area contributed by atoms with Gasteiger partial charge in [0.2, 0.25) is 5.78 Å². The van der Waals surface area contributed by atoms with Gasteiger partial charge < -0.3 is 24.8 Å². The summed E-state index contributed by atoms with van der Waals surface area (Å²) in [5.41, 5.74) is -2.05. The van der Waals surface area contributed by atoms with Crippen LogP contribution in [0.2, 0.25) is 0 Å². The molecule has 180 valence electrons. The third kappa shape index (κ3) is 3.59. The minimum Gasteiger partial charge on any atom is -0.456 e. The number of rotatable bonds is 5. The normalized spacial score (nSPS) is 41.2. The lowest BCUT2D eigenvalue weighted by atomic mass is 9.47. The van der Waals surface area contributed by atoms with Crippen LogP contribution in [0.15, 0.2) is 35.6 Å². The van der Waals surface area contributed by atoms with E-state index in [0.717, 1.165) is 5.57 Å². The van der Waals surface area contributed by atoms with Gasteiger partial charge in [-0.1, -0.05) is 26.0 Å². The smallest absolute Gasteiger partial charge is 0.332 e. The Morgan fingerprint density at radius 3 is 2.64 bits per heavy atom. The van der Waals surface area contributed by atoms with E-state index in [2.05, 4.69) is 13.0 Å². The Kier molecular flexibility index (Phi) is 5.91. The minimum absolute atomic E-state index is 0.00438. The van der Waals surface area contributed by atoms with E-state index in [-0.39, 0.29) is 30.6 Å². The molecule has 4 aliphatic carbocycles. The first-order valence-corrected chi connectivity index (χ1v) is 11.5. The van der Waals surface area contributed by atoms with E-state index in [1.165, 1.54) is 6.92 Å². The van der Waals surface area contributed by atoms with Gasteiger partial charge in [-0.3, -0.25) is 9.59 Å². The lowest BCUT2D eigenvalue weighted by Crippen LogP contribution is -2.61. The SMILES string of the molecule is CC(=O)OC1=CC2=CC[C@@H]3[C@@H]([C@@H](O)C[C@@]4(C)[C@H]3CC[C@]4(O)C(=O)COC(=O)CO)[C@@]2(C)C=C1. The van der Waals surface area contributed by atoms with Crippen LogP contribution in [0, 0.1) is 28.6 Å². The fraction of sp³-hybridized carbons (Fsp3) is 0.640. The Bertz CT molecular complexity index is 963. The maximum atomic E-state index is 13.0. The molecule has 0 heterocycles. The second kappa shape index (κ2) is 8.18. The number of ether oxygens (including phenoxy) is 2. The summed E-state index contributed by atoms with van der Waals surface area (Å²) in [5.74, 6) is -1.51. The minimum atomic E-state index is -1.71. The van der Waals surface area contributed by atoms with Crippen molar-refractivity contribution < 1.29 is 39.2 Å². The van der Waals surface area contributed by atoms with E-state index in [1.807, 2.05) is 19.1 Å². The van der Waals surface area contributed by atoms with Gasteiger partial charge in [0.05, 0.1) is 6.10 Å². The number of aliphatic hydroxyl groups excluding tert-OH is 2. The molecule has 0 unspecified atom stereocenters. The Morgan fingerprint density at radius 2 is 1.97 bits per heavy atom. The molecule has 0 aromatic rings. The van der Waals surface area contributed by atoms with Crippen molar-refractivity contribution in [2.45, 2.75) is 58.2 Å². The molecule has 33 heavy (non-hydrogen) atoms. The molecule has 0 bridgehead atoms. The van der Waals surface area contributed by atoms with Crippen LogP contribution >= 0.6 is 0 Å². The quantitative estimate of drug-likeness (QED) is 0.528. The molecule has 8 nitrogen and oxygen atoms in total.